The van der Waals surface area contributed by atoms with Crippen LogP contribution in [0.2, 0.25) is 0 Å². The molecule has 0 aliphatic carbocycles. The molecule has 6 nitrogen and oxygen atoms in total. The minimum atomic E-state index is -0.0921. The van der Waals surface area contributed by atoms with E-state index in [-0.39, 0.29) is 11.5 Å². The number of thiocarbonyl (C=S) groups is 1. The third-order valence-corrected chi connectivity index (χ3v) is 7.77. The molecule has 0 spiro atoms. The van der Waals surface area contributed by atoms with E-state index in [1.54, 1.807) is 15.5 Å². The number of thioether (sulfide) groups is 1. The number of benzene rings is 1. The van der Waals surface area contributed by atoms with Crippen molar-refractivity contribution < 1.29 is 4.79 Å². The molecule has 0 atom stereocenters. The van der Waals surface area contributed by atoms with Crippen molar-refractivity contribution in [2.24, 2.45) is 5.92 Å². The van der Waals surface area contributed by atoms with Gasteiger partial charge < -0.3 is 14.4 Å². The Balaban J connectivity index is 1.86. The van der Waals surface area contributed by atoms with Crippen LogP contribution in [0.5, 0.6) is 0 Å². The number of fused-ring (bicyclic) bond motifs is 1. The van der Waals surface area contributed by atoms with Gasteiger partial charge in [-0.1, -0.05) is 56.0 Å². The monoisotopic (exact) mass is 484 g/mol. The Morgan fingerprint density at radius 3 is 2.48 bits per heavy atom. The van der Waals surface area contributed by atoms with Crippen LogP contribution in [-0.2, 0) is 11.3 Å². The lowest BCUT2D eigenvalue weighted by Gasteiger charge is -2.35. The molecule has 2 aliphatic rings. The van der Waals surface area contributed by atoms with Crippen LogP contribution in [0.4, 0.5) is 5.69 Å². The van der Waals surface area contributed by atoms with Crippen molar-refractivity contribution >= 4 is 56.9 Å². The maximum Gasteiger partial charge on any atom is 0.266 e. The van der Waals surface area contributed by atoms with Crippen LogP contribution in [0.3, 0.4) is 0 Å². The molecule has 2 fully saturated rings. The van der Waals surface area contributed by atoms with E-state index in [0.717, 1.165) is 49.2 Å². The number of carbonyl (C=O) groups excluding carboxylic acids is 1. The molecule has 0 radical (unpaired) electrons. The quantitative estimate of drug-likeness (QED) is 0.456. The van der Waals surface area contributed by atoms with Gasteiger partial charge in [-0.05, 0) is 38.5 Å². The normalized spacial score (nSPS) is 19.0. The van der Waals surface area contributed by atoms with Gasteiger partial charge in [0.1, 0.15) is 4.32 Å². The van der Waals surface area contributed by atoms with Gasteiger partial charge in [0.15, 0.2) is 0 Å². The van der Waals surface area contributed by atoms with Crippen LogP contribution in [0, 0.1) is 5.92 Å². The molecule has 4 rings (SSSR count). The van der Waals surface area contributed by atoms with Crippen LogP contribution < -0.4 is 10.5 Å². The van der Waals surface area contributed by atoms with E-state index in [0.29, 0.717) is 33.8 Å². The first-order valence-corrected chi connectivity index (χ1v) is 12.9. The van der Waals surface area contributed by atoms with E-state index in [1.165, 1.54) is 11.8 Å². The van der Waals surface area contributed by atoms with Gasteiger partial charge in [-0.2, -0.15) is 0 Å². The molecule has 0 N–H and O–H groups in total. The molecule has 0 saturated carbocycles. The number of nitrogens with zero attached hydrogens (tertiary/aromatic N) is 4. The molecule has 0 bridgehead atoms. The summed E-state index contributed by atoms with van der Waals surface area (Å²) in [7, 11) is 2.12. The average molecular weight is 485 g/mol. The van der Waals surface area contributed by atoms with Crippen LogP contribution >= 0.6 is 24.0 Å². The molecule has 8 heteroatoms. The molecule has 1 aromatic heterocycles. The van der Waals surface area contributed by atoms with E-state index in [4.69, 9.17) is 12.2 Å². The third kappa shape index (κ3) is 4.74. The summed E-state index contributed by atoms with van der Waals surface area (Å²) in [4.78, 5) is 33.8. The number of pyridine rings is 1. The minimum Gasteiger partial charge on any atom is -0.368 e. The smallest absolute Gasteiger partial charge is 0.266 e. The molecule has 3 heterocycles. The fourth-order valence-corrected chi connectivity index (χ4v) is 5.73. The summed E-state index contributed by atoms with van der Waals surface area (Å²) in [5.74, 6) is 0.394. The predicted molar refractivity (Wildman–Crippen MR) is 143 cm³/mol. The van der Waals surface area contributed by atoms with Gasteiger partial charge in [-0.25, -0.2) is 0 Å². The largest absolute Gasteiger partial charge is 0.368 e. The first-order chi connectivity index (χ1) is 15.8. The van der Waals surface area contributed by atoms with Gasteiger partial charge in [-0.3, -0.25) is 14.5 Å². The maximum absolute atomic E-state index is 13.7. The summed E-state index contributed by atoms with van der Waals surface area (Å²) < 4.78 is 2.38. The fraction of sp³-hybridized carbons (Fsp3) is 0.480. The summed E-state index contributed by atoms with van der Waals surface area (Å²) in [5.41, 5.74) is 2.39. The van der Waals surface area contributed by atoms with Gasteiger partial charge in [-0.15, -0.1) is 0 Å². The van der Waals surface area contributed by atoms with Gasteiger partial charge in [0.2, 0.25) is 0 Å². The highest BCUT2D eigenvalue weighted by Gasteiger charge is 2.33. The summed E-state index contributed by atoms with van der Waals surface area (Å²) in [5, 5.41) is 1.05. The number of amides is 1. The number of anilines is 1. The van der Waals surface area contributed by atoms with Crippen molar-refractivity contribution in [3.05, 3.63) is 45.1 Å². The molecular weight excluding hydrogens is 452 g/mol. The summed E-state index contributed by atoms with van der Waals surface area (Å²) in [6.07, 6.45) is 2.69. The summed E-state index contributed by atoms with van der Waals surface area (Å²) >= 11 is 6.83. The van der Waals surface area contributed by atoms with Gasteiger partial charge in [0, 0.05) is 44.7 Å². The molecular formula is C25H32N4O2S2. The number of rotatable bonds is 6. The number of carbonyl (C=O) groups is 1. The van der Waals surface area contributed by atoms with E-state index in [9.17, 15) is 9.59 Å². The lowest BCUT2D eigenvalue weighted by molar-refractivity contribution is -0.122. The van der Waals surface area contributed by atoms with Crippen molar-refractivity contribution in [2.75, 3.05) is 44.7 Å². The lowest BCUT2D eigenvalue weighted by atomic mass is 10.0. The second kappa shape index (κ2) is 9.99. The summed E-state index contributed by atoms with van der Waals surface area (Å²) in [6, 6.07) is 8.08. The topological polar surface area (TPSA) is 48.8 Å². The Hall–Kier alpha value is -2.16. The molecule has 33 heavy (non-hydrogen) atoms. The highest BCUT2D eigenvalue weighted by Crippen LogP contribution is 2.36. The van der Waals surface area contributed by atoms with Crippen LogP contribution in [0.15, 0.2) is 34.0 Å². The fourth-order valence-electron chi connectivity index (χ4n) is 4.44. The number of likely N-dealkylation sites (N-methyl/N-ethyl adjacent to an activating group) is 1. The van der Waals surface area contributed by atoms with E-state index in [2.05, 4.69) is 36.8 Å². The van der Waals surface area contributed by atoms with Crippen molar-refractivity contribution in [2.45, 2.75) is 33.7 Å². The zero-order chi connectivity index (χ0) is 23.7. The van der Waals surface area contributed by atoms with Gasteiger partial charge >= 0.3 is 0 Å². The lowest BCUT2D eigenvalue weighted by Crippen LogP contribution is -2.45. The zero-order valence-electron chi connectivity index (χ0n) is 19.8. The Bertz CT molecular complexity index is 1160. The molecule has 2 aromatic rings. The minimum absolute atomic E-state index is 0.0578. The Kier molecular flexibility index (Phi) is 7.26. The number of para-hydroxylation sites is 1. The highest BCUT2D eigenvalue weighted by atomic mass is 32.2. The molecule has 1 amide bonds. The number of aromatic nitrogens is 1. The Labute approximate surface area is 205 Å². The second-order valence-electron chi connectivity index (χ2n) is 9.14. The molecule has 176 valence electrons. The van der Waals surface area contributed by atoms with Crippen molar-refractivity contribution in [1.82, 2.24) is 14.4 Å². The van der Waals surface area contributed by atoms with Crippen molar-refractivity contribution in [3.8, 4) is 0 Å². The Morgan fingerprint density at radius 1 is 1.12 bits per heavy atom. The van der Waals surface area contributed by atoms with E-state index in [1.807, 2.05) is 25.1 Å². The number of hydrogen-bond donors (Lipinski definition) is 0. The van der Waals surface area contributed by atoms with Crippen LogP contribution in [0.25, 0.3) is 17.0 Å². The van der Waals surface area contributed by atoms with Crippen LogP contribution in [0.1, 0.15) is 32.8 Å². The second-order valence-corrected chi connectivity index (χ2v) is 10.8. The number of aryl methyl sites for hydroxylation is 1. The van der Waals surface area contributed by atoms with Crippen LogP contribution in [-0.4, -0.2) is 64.4 Å². The van der Waals surface area contributed by atoms with Crippen molar-refractivity contribution in [3.63, 3.8) is 0 Å². The highest BCUT2D eigenvalue weighted by molar-refractivity contribution is 8.26. The first kappa shape index (κ1) is 24.0. The molecule has 1 aromatic carbocycles. The zero-order valence-corrected chi connectivity index (χ0v) is 21.5. The predicted octanol–water partition coefficient (Wildman–Crippen LogP) is 4.02. The first-order valence-electron chi connectivity index (χ1n) is 11.7. The average Bonchev–Trinajstić information content (AvgIpc) is 3.06. The molecule has 0 unspecified atom stereocenters. The maximum atomic E-state index is 13.7. The van der Waals surface area contributed by atoms with E-state index < -0.39 is 0 Å². The van der Waals surface area contributed by atoms with E-state index >= 15 is 0 Å². The number of piperazine rings is 1. The van der Waals surface area contributed by atoms with Gasteiger partial charge in [0.05, 0.1) is 21.7 Å². The SMILES string of the molecule is CCn1c(=O)c(C=C2SC(=S)N(CCC(C)C)C2=O)c(N2CCN(C)CC2)c2ccccc21. The standard InChI is InChI=1S/C25H32N4O2S2/c1-5-28-20-9-7-6-8-18(20)22(27-14-12-26(4)13-15-27)19(23(28)30)16-21-24(31)29(25(32)33-21)11-10-17(2)3/h6-9,16-17H,5,10-15H2,1-4H3. The molecule has 2 aliphatic heterocycles. The number of hydrogen-bond acceptors (Lipinski definition) is 6. The Morgan fingerprint density at radius 2 is 1.82 bits per heavy atom. The third-order valence-electron chi connectivity index (χ3n) is 6.40. The van der Waals surface area contributed by atoms with Gasteiger partial charge in [0.25, 0.3) is 11.5 Å². The summed E-state index contributed by atoms with van der Waals surface area (Å²) in [6.45, 7) is 11.0. The van der Waals surface area contributed by atoms with Crippen molar-refractivity contribution in [1.29, 1.82) is 0 Å². The molecule has 2 saturated heterocycles.